The quantitative estimate of drug-likeness (QED) is 0.909. The van der Waals surface area contributed by atoms with Crippen molar-refractivity contribution in [1.29, 1.82) is 0 Å². The number of furan rings is 1. The Hall–Kier alpha value is -2.57. The third kappa shape index (κ3) is 3.61. The van der Waals surface area contributed by atoms with Gasteiger partial charge in [0.2, 0.25) is 11.8 Å². The summed E-state index contributed by atoms with van der Waals surface area (Å²) in [7, 11) is 0. The van der Waals surface area contributed by atoms with Gasteiger partial charge >= 0.3 is 0 Å². The number of aromatic nitrogens is 2. The summed E-state index contributed by atoms with van der Waals surface area (Å²) < 4.78 is 7.00. The van der Waals surface area contributed by atoms with E-state index in [1.54, 1.807) is 23.3 Å². The molecule has 0 fully saturated rings. The Morgan fingerprint density at radius 3 is 3.00 bits per heavy atom. The van der Waals surface area contributed by atoms with Crippen LogP contribution in [0.25, 0.3) is 0 Å². The fourth-order valence-corrected chi connectivity index (χ4v) is 2.70. The lowest BCUT2D eigenvalue weighted by Crippen LogP contribution is -2.38. The molecule has 0 unspecified atom stereocenters. The summed E-state index contributed by atoms with van der Waals surface area (Å²) in [6.07, 6.45) is 2.80. The van der Waals surface area contributed by atoms with Gasteiger partial charge in [-0.2, -0.15) is 5.10 Å². The van der Waals surface area contributed by atoms with Crippen molar-refractivity contribution in [3.8, 4) is 0 Å². The van der Waals surface area contributed by atoms with Crippen LogP contribution in [0.3, 0.4) is 0 Å². The standard InChI is InChI=1S/C16H20N4O3/c1-12-10-15-19(7-3-8-20(15)18-12)16(22)6-5-14(21)17-11-13-4-2-9-23-13/h2,4,9-10H,3,5-8,11H2,1H3,(H,17,21). The highest BCUT2D eigenvalue weighted by atomic mass is 16.3. The Balaban J connectivity index is 1.50. The molecule has 0 aliphatic carbocycles. The first kappa shape index (κ1) is 15.3. The van der Waals surface area contributed by atoms with Crippen LogP contribution in [0, 0.1) is 6.92 Å². The molecule has 3 rings (SSSR count). The highest BCUT2D eigenvalue weighted by Crippen LogP contribution is 2.22. The van der Waals surface area contributed by atoms with Crippen molar-refractivity contribution in [2.75, 3.05) is 11.4 Å². The van der Waals surface area contributed by atoms with E-state index < -0.39 is 0 Å². The number of anilines is 1. The highest BCUT2D eigenvalue weighted by Gasteiger charge is 2.24. The third-order valence-corrected chi connectivity index (χ3v) is 3.82. The molecule has 122 valence electrons. The lowest BCUT2D eigenvalue weighted by atomic mass is 10.2. The van der Waals surface area contributed by atoms with E-state index in [0.29, 0.717) is 18.8 Å². The van der Waals surface area contributed by atoms with Gasteiger partial charge in [0.25, 0.3) is 0 Å². The number of fused-ring (bicyclic) bond motifs is 1. The van der Waals surface area contributed by atoms with Crippen LogP contribution in [-0.4, -0.2) is 28.1 Å². The summed E-state index contributed by atoms with van der Waals surface area (Å²) >= 11 is 0. The fraction of sp³-hybridized carbons (Fsp3) is 0.438. The first-order chi connectivity index (χ1) is 11.1. The minimum absolute atomic E-state index is 0.0426. The molecule has 0 bridgehead atoms. The molecule has 2 aromatic rings. The van der Waals surface area contributed by atoms with Crippen LogP contribution in [0.15, 0.2) is 28.9 Å². The molecule has 0 radical (unpaired) electrons. The Morgan fingerprint density at radius 1 is 1.35 bits per heavy atom. The van der Waals surface area contributed by atoms with Gasteiger partial charge in [0.1, 0.15) is 11.6 Å². The predicted molar refractivity (Wildman–Crippen MR) is 83.7 cm³/mol. The van der Waals surface area contributed by atoms with Gasteiger partial charge in [-0.15, -0.1) is 0 Å². The maximum Gasteiger partial charge on any atom is 0.228 e. The van der Waals surface area contributed by atoms with Gasteiger partial charge in [0, 0.05) is 32.0 Å². The zero-order valence-corrected chi connectivity index (χ0v) is 13.1. The van der Waals surface area contributed by atoms with E-state index in [0.717, 1.165) is 24.5 Å². The number of hydrogen-bond donors (Lipinski definition) is 1. The molecule has 7 nitrogen and oxygen atoms in total. The summed E-state index contributed by atoms with van der Waals surface area (Å²) in [4.78, 5) is 26.0. The first-order valence-electron chi connectivity index (χ1n) is 7.77. The van der Waals surface area contributed by atoms with Crippen molar-refractivity contribution < 1.29 is 14.0 Å². The zero-order chi connectivity index (χ0) is 16.2. The maximum absolute atomic E-state index is 12.4. The summed E-state index contributed by atoms with van der Waals surface area (Å²) in [5, 5.41) is 7.12. The summed E-state index contributed by atoms with van der Waals surface area (Å²) in [6, 6.07) is 5.48. The number of carbonyl (C=O) groups excluding carboxylic acids is 2. The number of carbonyl (C=O) groups is 2. The van der Waals surface area contributed by atoms with Crippen molar-refractivity contribution in [3.63, 3.8) is 0 Å². The lowest BCUT2D eigenvalue weighted by molar-refractivity contribution is -0.125. The van der Waals surface area contributed by atoms with Crippen LogP contribution in [0.1, 0.15) is 30.7 Å². The van der Waals surface area contributed by atoms with Crippen LogP contribution >= 0.6 is 0 Å². The fourth-order valence-electron chi connectivity index (χ4n) is 2.70. The van der Waals surface area contributed by atoms with Crippen molar-refractivity contribution >= 4 is 17.6 Å². The Bertz CT molecular complexity index is 690. The molecule has 1 N–H and O–H groups in total. The Morgan fingerprint density at radius 2 is 2.22 bits per heavy atom. The Labute approximate surface area is 134 Å². The molecule has 7 heteroatoms. The number of nitrogens with one attached hydrogen (secondary N) is 1. The largest absolute Gasteiger partial charge is 0.467 e. The van der Waals surface area contributed by atoms with Crippen LogP contribution in [0.2, 0.25) is 0 Å². The number of nitrogens with zero attached hydrogens (tertiary/aromatic N) is 3. The molecule has 0 saturated carbocycles. The van der Waals surface area contributed by atoms with Crippen molar-refractivity contribution in [3.05, 3.63) is 35.9 Å². The van der Waals surface area contributed by atoms with Gasteiger partial charge in [-0.25, -0.2) is 4.68 Å². The zero-order valence-electron chi connectivity index (χ0n) is 13.1. The van der Waals surface area contributed by atoms with E-state index in [9.17, 15) is 9.59 Å². The van der Waals surface area contributed by atoms with E-state index in [4.69, 9.17) is 4.42 Å². The molecule has 1 aliphatic rings. The van der Waals surface area contributed by atoms with Gasteiger partial charge in [0.15, 0.2) is 0 Å². The number of amides is 2. The predicted octanol–water partition coefficient (Wildman–Crippen LogP) is 1.62. The second kappa shape index (κ2) is 6.68. The number of hydrogen-bond acceptors (Lipinski definition) is 4. The van der Waals surface area contributed by atoms with Crippen LogP contribution in [0.4, 0.5) is 5.82 Å². The molecule has 3 heterocycles. The van der Waals surface area contributed by atoms with E-state index in [1.807, 2.05) is 17.7 Å². The van der Waals surface area contributed by atoms with Crippen molar-refractivity contribution in [2.45, 2.75) is 39.3 Å². The van der Waals surface area contributed by atoms with E-state index in [-0.39, 0.29) is 24.7 Å². The van der Waals surface area contributed by atoms with E-state index in [2.05, 4.69) is 10.4 Å². The molecular weight excluding hydrogens is 296 g/mol. The summed E-state index contributed by atoms with van der Waals surface area (Å²) in [6.45, 7) is 3.76. The average molecular weight is 316 g/mol. The van der Waals surface area contributed by atoms with Crippen LogP contribution in [-0.2, 0) is 22.7 Å². The smallest absolute Gasteiger partial charge is 0.228 e. The molecule has 0 saturated heterocycles. The molecule has 0 spiro atoms. The summed E-state index contributed by atoms with van der Waals surface area (Å²) in [5.41, 5.74) is 0.899. The minimum Gasteiger partial charge on any atom is -0.467 e. The van der Waals surface area contributed by atoms with Crippen molar-refractivity contribution in [1.82, 2.24) is 15.1 Å². The molecule has 23 heavy (non-hydrogen) atoms. The topological polar surface area (TPSA) is 80.4 Å². The van der Waals surface area contributed by atoms with Gasteiger partial charge in [-0.05, 0) is 25.5 Å². The normalized spacial score (nSPS) is 13.7. The van der Waals surface area contributed by atoms with Crippen LogP contribution in [0.5, 0.6) is 0 Å². The maximum atomic E-state index is 12.4. The van der Waals surface area contributed by atoms with Gasteiger partial charge < -0.3 is 9.73 Å². The second-order valence-electron chi connectivity index (χ2n) is 5.62. The highest BCUT2D eigenvalue weighted by molar-refractivity contribution is 5.95. The molecular formula is C16H20N4O3. The third-order valence-electron chi connectivity index (χ3n) is 3.82. The monoisotopic (exact) mass is 316 g/mol. The first-order valence-corrected chi connectivity index (χ1v) is 7.77. The lowest BCUT2D eigenvalue weighted by Gasteiger charge is -2.27. The average Bonchev–Trinajstić information content (AvgIpc) is 3.18. The van der Waals surface area contributed by atoms with E-state index in [1.165, 1.54) is 0 Å². The molecule has 2 amide bonds. The minimum atomic E-state index is -0.156. The summed E-state index contributed by atoms with van der Waals surface area (Å²) in [5.74, 6) is 1.32. The molecule has 2 aromatic heterocycles. The molecule has 0 aromatic carbocycles. The van der Waals surface area contributed by atoms with Gasteiger partial charge in [-0.1, -0.05) is 0 Å². The van der Waals surface area contributed by atoms with E-state index >= 15 is 0 Å². The Kier molecular flexibility index (Phi) is 4.45. The SMILES string of the molecule is Cc1cc2n(n1)CCCN2C(=O)CCC(=O)NCc1ccco1. The molecule has 0 atom stereocenters. The van der Waals surface area contributed by atoms with Gasteiger partial charge in [0.05, 0.1) is 18.5 Å². The number of rotatable bonds is 5. The second-order valence-corrected chi connectivity index (χ2v) is 5.62. The number of aryl methyl sites for hydroxylation is 2. The van der Waals surface area contributed by atoms with Crippen molar-refractivity contribution in [2.24, 2.45) is 0 Å². The molecule has 1 aliphatic heterocycles. The van der Waals surface area contributed by atoms with Crippen LogP contribution < -0.4 is 10.2 Å². The van der Waals surface area contributed by atoms with Gasteiger partial charge in [-0.3, -0.25) is 14.5 Å².